The van der Waals surface area contributed by atoms with Crippen molar-refractivity contribution in [2.75, 3.05) is 6.54 Å². The maximum atomic E-state index is 11.8. The molecule has 1 fully saturated rings. The van der Waals surface area contributed by atoms with Crippen LogP contribution in [0.2, 0.25) is 0 Å². The van der Waals surface area contributed by atoms with E-state index in [-0.39, 0.29) is 11.8 Å². The van der Waals surface area contributed by atoms with Crippen molar-refractivity contribution in [1.82, 2.24) is 5.32 Å². The van der Waals surface area contributed by atoms with Crippen LogP contribution >= 0.6 is 11.3 Å². The Morgan fingerprint density at radius 1 is 1.62 bits per heavy atom. The molecule has 0 saturated carbocycles. The maximum absolute atomic E-state index is 11.8. The van der Waals surface area contributed by atoms with Gasteiger partial charge in [-0.15, -0.1) is 11.3 Å². The number of thiophene rings is 1. The van der Waals surface area contributed by atoms with Gasteiger partial charge in [0.25, 0.3) is 0 Å². The first-order valence-corrected chi connectivity index (χ1v) is 5.43. The number of Topliss-reactive ketones (excluding diaryl/α,β-unsaturated/α-hetero) is 1. The Hall–Kier alpha value is -0.670. The molecule has 1 unspecified atom stereocenters. The predicted octanol–water partition coefficient (Wildman–Crippen LogP) is 1.99. The average molecular weight is 195 g/mol. The zero-order valence-corrected chi connectivity index (χ0v) is 8.49. The lowest BCUT2D eigenvalue weighted by Crippen LogP contribution is -2.30. The Balaban J connectivity index is 2.12. The van der Waals surface area contributed by atoms with Crippen molar-refractivity contribution >= 4 is 17.1 Å². The molecule has 0 aromatic carbocycles. The summed E-state index contributed by atoms with van der Waals surface area (Å²) < 4.78 is 0. The molecule has 1 aromatic heterocycles. The first-order chi connectivity index (χ1) is 6.27. The van der Waals surface area contributed by atoms with Crippen LogP contribution < -0.4 is 5.32 Å². The Labute approximate surface area is 82.0 Å². The van der Waals surface area contributed by atoms with E-state index in [1.165, 1.54) is 4.88 Å². The number of ketones is 1. The number of aryl methyl sites for hydroxylation is 1. The smallest absolute Gasteiger partial charge is 0.189 e. The summed E-state index contributed by atoms with van der Waals surface area (Å²) in [5.41, 5.74) is 0. The maximum Gasteiger partial charge on any atom is 0.189 e. The molecule has 1 aromatic rings. The summed E-state index contributed by atoms with van der Waals surface area (Å²) in [4.78, 5) is 13.9. The van der Waals surface area contributed by atoms with Crippen LogP contribution in [0.4, 0.5) is 0 Å². The second kappa shape index (κ2) is 3.60. The molecule has 0 spiro atoms. The predicted molar refractivity (Wildman–Crippen MR) is 54.4 cm³/mol. The number of nitrogens with one attached hydrogen (secondary N) is 1. The van der Waals surface area contributed by atoms with E-state index in [9.17, 15) is 4.79 Å². The number of carbonyl (C=O) groups excluding carboxylic acids is 1. The van der Waals surface area contributed by atoms with Crippen LogP contribution in [0.5, 0.6) is 0 Å². The van der Waals surface area contributed by atoms with Crippen LogP contribution in [0.1, 0.15) is 27.4 Å². The zero-order valence-electron chi connectivity index (χ0n) is 7.67. The van der Waals surface area contributed by atoms with Gasteiger partial charge >= 0.3 is 0 Å². The van der Waals surface area contributed by atoms with Gasteiger partial charge < -0.3 is 5.32 Å². The van der Waals surface area contributed by atoms with E-state index in [0.717, 1.165) is 24.3 Å². The van der Waals surface area contributed by atoms with Gasteiger partial charge in [0.05, 0.1) is 10.9 Å². The molecule has 2 nitrogen and oxygen atoms in total. The standard InChI is InChI=1S/C10H13NOS/c1-7-4-5-9(13-7)10(12)8-3-2-6-11-8/h4-5,8,11H,2-3,6H2,1H3. The van der Waals surface area contributed by atoms with Gasteiger partial charge in [-0.1, -0.05) is 0 Å². The monoisotopic (exact) mass is 195 g/mol. The van der Waals surface area contributed by atoms with E-state index >= 15 is 0 Å². The fourth-order valence-corrected chi connectivity index (χ4v) is 2.51. The van der Waals surface area contributed by atoms with E-state index in [1.54, 1.807) is 11.3 Å². The minimum atomic E-state index is 0.0815. The quantitative estimate of drug-likeness (QED) is 0.731. The lowest BCUT2D eigenvalue weighted by atomic mass is 10.1. The van der Waals surface area contributed by atoms with Crippen LogP contribution in [0, 0.1) is 6.92 Å². The minimum Gasteiger partial charge on any atom is -0.307 e. The average Bonchev–Trinajstić information content (AvgIpc) is 2.72. The van der Waals surface area contributed by atoms with Gasteiger partial charge in [0.1, 0.15) is 0 Å². The summed E-state index contributed by atoms with van der Waals surface area (Å²) in [5.74, 6) is 0.274. The third kappa shape index (κ3) is 1.81. The fourth-order valence-electron chi connectivity index (χ4n) is 1.65. The van der Waals surface area contributed by atoms with Gasteiger partial charge in [0.15, 0.2) is 5.78 Å². The van der Waals surface area contributed by atoms with Gasteiger partial charge in [-0.05, 0) is 38.4 Å². The molecule has 3 heteroatoms. The lowest BCUT2D eigenvalue weighted by Gasteiger charge is -2.05. The Morgan fingerprint density at radius 3 is 3.00 bits per heavy atom. The normalized spacial score (nSPS) is 22.1. The van der Waals surface area contributed by atoms with E-state index in [1.807, 2.05) is 19.1 Å². The van der Waals surface area contributed by atoms with E-state index in [0.29, 0.717) is 0 Å². The number of hydrogen-bond donors (Lipinski definition) is 1. The van der Waals surface area contributed by atoms with Crippen LogP contribution in [0.15, 0.2) is 12.1 Å². The van der Waals surface area contributed by atoms with E-state index in [2.05, 4.69) is 5.32 Å². The molecule has 2 rings (SSSR count). The van der Waals surface area contributed by atoms with Gasteiger partial charge in [-0.3, -0.25) is 4.79 Å². The molecule has 13 heavy (non-hydrogen) atoms. The second-order valence-electron chi connectivity index (χ2n) is 3.42. The molecule has 0 amide bonds. The fraction of sp³-hybridized carbons (Fsp3) is 0.500. The van der Waals surface area contributed by atoms with Crippen LogP contribution in [0.3, 0.4) is 0 Å². The molecule has 1 aliphatic rings. The number of rotatable bonds is 2. The molecule has 70 valence electrons. The third-order valence-electron chi connectivity index (χ3n) is 2.36. The zero-order chi connectivity index (χ0) is 9.26. The third-order valence-corrected chi connectivity index (χ3v) is 3.38. The van der Waals surface area contributed by atoms with E-state index < -0.39 is 0 Å². The van der Waals surface area contributed by atoms with Gasteiger partial charge in [0.2, 0.25) is 0 Å². The Kier molecular flexibility index (Phi) is 2.47. The highest BCUT2D eigenvalue weighted by atomic mass is 32.1. The van der Waals surface area contributed by atoms with Gasteiger partial charge in [-0.2, -0.15) is 0 Å². The van der Waals surface area contributed by atoms with Crippen LogP contribution in [0.25, 0.3) is 0 Å². The highest BCUT2D eigenvalue weighted by Gasteiger charge is 2.23. The van der Waals surface area contributed by atoms with Gasteiger partial charge in [0, 0.05) is 4.88 Å². The van der Waals surface area contributed by atoms with Gasteiger partial charge in [-0.25, -0.2) is 0 Å². The lowest BCUT2D eigenvalue weighted by molar-refractivity contribution is 0.0956. The minimum absolute atomic E-state index is 0.0815. The molecule has 0 radical (unpaired) electrons. The number of hydrogen-bond acceptors (Lipinski definition) is 3. The number of carbonyl (C=O) groups is 1. The summed E-state index contributed by atoms with van der Waals surface area (Å²) in [7, 11) is 0. The van der Waals surface area contributed by atoms with Crippen molar-refractivity contribution < 1.29 is 4.79 Å². The molecule has 2 heterocycles. The largest absolute Gasteiger partial charge is 0.307 e. The summed E-state index contributed by atoms with van der Waals surface area (Å²) in [6, 6.07) is 4.02. The summed E-state index contributed by atoms with van der Waals surface area (Å²) in [5, 5.41) is 3.22. The van der Waals surface area contributed by atoms with Crippen molar-refractivity contribution in [3.63, 3.8) is 0 Å². The highest BCUT2D eigenvalue weighted by molar-refractivity contribution is 7.14. The topological polar surface area (TPSA) is 29.1 Å². The first kappa shape index (κ1) is 8.91. The van der Waals surface area contributed by atoms with Crippen molar-refractivity contribution in [2.45, 2.75) is 25.8 Å². The van der Waals surface area contributed by atoms with Crippen LogP contribution in [-0.4, -0.2) is 18.4 Å². The molecule has 1 N–H and O–H groups in total. The summed E-state index contributed by atoms with van der Waals surface area (Å²) >= 11 is 1.59. The van der Waals surface area contributed by atoms with Crippen molar-refractivity contribution in [2.24, 2.45) is 0 Å². The summed E-state index contributed by atoms with van der Waals surface area (Å²) in [6.07, 6.45) is 2.12. The van der Waals surface area contributed by atoms with E-state index in [4.69, 9.17) is 0 Å². The molecular formula is C10H13NOS. The Morgan fingerprint density at radius 2 is 2.46 bits per heavy atom. The molecule has 1 saturated heterocycles. The van der Waals surface area contributed by atoms with Crippen LogP contribution in [-0.2, 0) is 0 Å². The van der Waals surface area contributed by atoms with Crippen molar-refractivity contribution in [3.8, 4) is 0 Å². The highest BCUT2D eigenvalue weighted by Crippen LogP contribution is 2.19. The molecule has 1 atom stereocenters. The van der Waals surface area contributed by atoms with Crippen molar-refractivity contribution in [1.29, 1.82) is 0 Å². The molecule has 1 aliphatic heterocycles. The molecule has 0 bridgehead atoms. The second-order valence-corrected chi connectivity index (χ2v) is 4.71. The SMILES string of the molecule is Cc1ccc(C(=O)C2CCCN2)s1. The Bertz CT molecular complexity index is 312. The molecular weight excluding hydrogens is 182 g/mol. The first-order valence-electron chi connectivity index (χ1n) is 4.61. The van der Waals surface area contributed by atoms with Crippen molar-refractivity contribution in [3.05, 3.63) is 21.9 Å². The summed E-state index contributed by atoms with van der Waals surface area (Å²) in [6.45, 7) is 3.02. The molecule has 0 aliphatic carbocycles.